The minimum atomic E-state index is -3.40. The first-order valence-corrected chi connectivity index (χ1v) is 11.0. The smallest absolute Gasteiger partial charge is 0.242 e. The SMILES string of the molecule is CCNC(=NCc1ccc(S(=O)(=O)N(C)C)cc1)N1CCc2ccccc2C1. The molecule has 0 fully saturated rings. The average molecular weight is 401 g/mol. The number of rotatable bonds is 5. The predicted molar refractivity (Wildman–Crippen MR) is 113 cm³/mol. The normalized spacial score (nSPS) is 14.9. The van der Waals surface area contributed by atoms with Gasteiger partial charge < -0.3 is 10.2 Å². The summed E-state index contributed by atoms with van der Waals surface area (Å²) in [5.74, 6) is 0.891. The fraction of sp³-hybridized carbons (Fsp3) is 0.381. The van der Waals surface area contributed by atoms with E-state index in [4.69, 9.17) is 4.99 Å². The third-order valence-electron chi connectivity index (χ3n) is 4.88. The van der Waals surface area contributed by atoms with Crippen molar-refractivity contribution in [2.24, 2.45) is 4.99 Å². The van der Waals surface area contributed by atoms with Gasteiger partial charge in [-0.2, -0.15) is 0 Å². The minimum absolute atomic E-state index is 0.296. The maximum absolute atomic E-state index is 12.2. The molecule has 0 amide bonds. The summed E-state index contributed by atoms with van der Waals surface area (Å²) in [7, 11) is -0.333. The number of nitrogens with one attached hydrogen (secondary N) is 1. The monoisotopic (exact) mass is 400 g/mol. The summed E-state index contributed by atoms with van der Waals surface area (Å²) >= 11 is 0. The molecule has 0 bridgehead atoms. The number of nitrogens with zero attached hydrogens (tertiary/aromatic N) is 3. The number of hydrogen-bond acceptors (Lipinski definition) is 3. The third kappa shape index (κ3) is 4.54. The predicted octanol–water partition coefficient (Wildman–Crippen LogP) is 2.46. The largest absolute Gasteiger partial charge is 0.356 e. The lowest BCUT2D eigenvalue weighted by Crippen LogP contribution is -2.44. The van der Waals surface area contributed by atoms with E-state index >= 15 is 0 Å². The van der Waals surface area contributed by atoms with E-state index in [0.717, 1.165) is 37.6 Å². The molecule has 2 aromatic carbocycles. The van der Waals surface area contributed by atoms with Crippen LogP contribution in [0.4, 0.5) is 0 Å². The van der Waals surface area contributed by atoms with Crippen molar-refractivity contribution in [1.29, 1.82) is 0 Å². The van der Waals surface area contributed by atoms with E-state index in [-0.39, 0.29) is 0 Å². The highest BCUT2D eigenvalue weighted by Gasteiger charge is 2.19. The molecular weight excluding hydrogens is 372 g/mol. The van der Waals surface area contributed by atoms with Gasteiger partial charge in [0.05, 0.1) is 11.4 Å². The molecule has 1 heterocycles. The molecule has 28 heavy (non-hydrogen) atoms. The van der Waals surface area contributed by atoms with Gasteiger partial charge >= 0.3 is 0 Å². The second-order valence-electron chi connectivity index (χ2n) is 7.04. The van der Waals surface area contributed by atoms with Gasteiger partial charge in [-0.1, -0.05) is 36.4 Å². The van der Waals surface area contributed by atoms with Crippen LogP contribution in [0.25, 0.3) is 0 Å². The lowest BCUT2D eigenvalue weighted by Gasteiger charge is -2.31. The molecule has 0 aromatic heterocycles. The maximum Gasteiger partial charge on any atom is 0.242 e. The van der Waals surface area contributed by atoms with Gasteiger partial charge in [0.15, 0.2) is 5.96 Å². The van der Waals surface area contributed by atoms with Crippen LogP contribution >= 0.6 is 0 Å². The van der Waals surface area contributed by atoms with Crippen molar-refractivity contribution in [2.45, 2.75) is 31.3 Å². The molecule has 0 spiro atoms. The van der Waals surface area contributed by atoms with Crippen LogP contribution in [0.2, 0.25) is 0 Å². The first-order chi connectivity index (χ1) is 13.4. The van der Waals surface area contributed by atoms with E-state index in [2.05, 4.69) is 41.4 Å². The molecular formula is C21H28N4O2S. The summed E-state index contributed by atoms with van der Waals surface area (Å²) < 4.78 is 25.6. The minimum Gasteiger partial charge on any atom is -0.356 e. The number of aliphatic imine (C=N–C) groups is 1. The second kappa shape index (κ2) is 8.75. The average Bonchev–Trinajstić information content (AvgIpc) is 2.71. The number of sulfonamides is 1. The molecule has 0 saturated heterocycles. The first kappa shape index (κ1) is 20.4. The van der Waals surface area contributed by atoms with Crippen LogP contribution in [-0.2, 0) is 29.5 Å². The molecule has 6 nitrogen and oxygen atoms in total. The van der Waals surface area contributed by atoms with E-state index < -0.39 is 10.0 Å². The Morgan fingerprint density at radius 1 is 1.11 bits per heavy atom. The Morgan fingerprint density at radius 2 is 1.79 bits per heavy atom. The van der Waals surface area contributed by atoms with Gasteiger partial charge in [0.2, 0.25) is 10.0 Å². The van der Waals surface area contributed by atoms with Crippen molar-refractivity contribution in [3.05, 3.63) is 65.2 Å². The van der Waals surface area contributed by atoms with Gasteiger partial charge in [-0.05, 0) is 42.2 Å². The number of fused-ring (bicyclic) bond motifs is 1. The molecule has 1 aliphatic rings. The molecule has 0 aliphatic carbocycles. The summed E-state index contributed by atoms with van der Waals surface area (Å²) in [4.78, 5) is 7.35. The summed E-state index contributed by atoms with van der Waals surface area (Å²) in [5.41, 5.74) is 3.73. The molecule has 0 radical (unpaired) electrons. The van der Waals surface area contributed by atoms with Crippen molar-refractivity contribution in [1.82, 2.24) is 14.5 Å². The number of guanidine groups is 1. The van der Waals surface area contributed by atoms with E-state index in [9.17, 15) is 8.42 Å². The van der Waals surface area contributed by atoms with Crippen molar-refractivity contribution in [3.8, 4) is 0 Å². The van der Waals surface area contributed by atoms with E-state index in [1.807, 2.05) is 12.1 Å². The Bertz CT molecular complexity index is 937. The van der Waals surface area contributed by atoms with Crippen LogP contribution in [-0.4, -0.2) is 50.8 Å². The van der Waals surface area contributed by atoms with Gasteiger partial charge in [-0.3, -0.25) is 0 Å². The Labute approximate surface area is 167 Å². The second-order valence-corrected chi connectivity index (χ2v) is 9.19. The quantitative estimate of drug-likeness (QED) is 0.619. The lowest BCUT2D eigenvalue weighted by molar-refractivity contribution is 0.378. The molecule has 1 N–H and O–H groups in total. The molecule has 3 rings (SSSR count). The number of hydrogen-bond donors (Lipinski definition) is 1. The number of benzene rings is 2. The van der Waals surface area contributed by atoms with Crippen LogP contribution in [0.15, 0.2) is 58.4 Å². The van der Waals surface area contributed by atoms with Crippen molar-refractivity contribution in [3.63, 3.8) is 0 Å². The molecule has 0 atom stereocenters. The van der Waals surface area contributed by atoms with Crippen LogP contribution in [0.3, 0.4) is 0 Å². The van der Waals surface area contributed by atoms with Gasteiger partial charge in [-0.15, -0.1) is 0 Å². The van der Waals surface area contributed by atoms with Gasteiger partial charge in [0, 0.05) is 33.7 Å². The van der Waals surface area contributed by atoms with Crippen LogP contribution in [0, 0.1) is 0 Å². The van der Waals surface area contributed by atoms with Crippen LogP contribution in [0.1, 0.15) is 23.6 Å². The highest BCUT2D eigenvalue weighted by Crippen LogP contribution is 2.19. The first-order valence-electron chi connectivity index (χ1n) is 9.53. The maximum atomic E-state index is 12.2. The van der Waals surface area contributed by atoms with Gasteiger partial charge in [0.1, 0.15) is 0 Å². The molecule has 2 aromatic rings. The standard InChI is InChI=1S/C21H28N4O2S/c1-4-22-21(25-14-13-18-7-5-6-8-19(18)16-25)23-15-17-9-11-20(12-10-17)28(26,27)24(2)3/h5-12H,4,13-16H2,1-3H3,(H,22,23). The highest BCUT2D eigenvalue weighted by atomic mass is 32.2. The fourth-order valence-corrected chi connectivity index (χ4v) is 4.15. The van der Waals surface area contributed by atoms with Crippen molar-refractivity contribution >= 4 is 16.0 Å². The van der Waals surface area contributed by atoms with Gasteiger partial charge in [-0.25, -0.2) is 17.7 Å². The van der Waals surface area contributed by atoms with Crippen molar-refractivity contribution < 1.29 is 8.42 Å². The van der Waals surface area contributed by atoms with E-state index in [0.29, 0.717) is 11.4 Å². The van der Waals surface area contributed by atoms with Gasteiger partial charge in [0.25, 0.3) is 0 Å². The zero-order valence-corrected chi connectivity index (χ0v) is 17.5. The molecule has 150 valence electrons. The van der Waals surface area contributed by atoms with E-state index in [1.165, 1.54) is 29.5 Å². The third-order valence-corrected chi connectivity index (χ3v) is 6.71. The summed E-state index contributed by atoms with van der Waals surface area (Å²) in [5, 5.41) is 3.38. The zero-order chi connectivity index (χ0) is 20.1. The van der Waals surface area contributed by atoms with E-state index in [1.54, 1.807) is 12.1 Å². The van der Waals surface area contributed by atoms with Crippen molar-refractivity contribution in [2.75, 3.05) is 27.2 Å². The Kier molecular flexibility index (Phi) is 6.36. The van der Waals surface area contributed by atoms with Crippen LogP contribution < -0.4 is 5.32 Å². The van der Waals surface area contributed by atoms with Crippen LogP contribution in [0.5, 0.6) is 0 Å². The fourth-order valence-electron chi connectivity index (χ4n) is 3.25. The molecule has 1 aliphatic heterocycles. The summed E-state index contributed by atoms with van der Waals surface area (Å²) in [6.07, 6.45) is 1.01. The Hall–Kier alpha value is -2.38. The summed E-state index contributed by atoms with van der Waals surface area (Å²) in [6, 6.07) is 15.5. The topological polar surface area (TPSA) is 65.0 Å². The molecule has 7 heteroatoms. The Morgan fingerprint density at radius 3 is 2.43 bits per heavy atom. The lowest BCUT2D eigenvalue weighted by atomic mass is 10.0. The molecule has 0 saturated carbocycles. The molecule has 0 unspecified atom stereocenters. The zero-order valence-electron chi connectivity index (χ0n) is 16.7. The summed E-state index contributed by atoms with van der Waals surface area (Å²) in [6.45, 7) is 5.15. The Balaban J connectivity index is 1.73. The highest BCUT2D eigenvalue weighted by molar-refractivity contribution is 7.89.